The van der Waals surface area contributed by atoms with Crippen molar-refractivity contribution in [2.45, 2.75) is 44.2 Å². The number of methoxy groups -OCH3 is 1. The summed E-state index contributed by atoms with van der Waals surface area (Å²) in [6, 6.07) is 4.32. The molecule has 112 valence electrons. The van der Waals surface area contributed by atoms with E-state index >= 15 is 0 Å². The lowest BCUT2D eigenvalue weighted by molar-refractivity contribution is 0.172. The number of hydrogen-bond donors (Lipinski definition) is 1. The largest absolute Gasteiger partial charge is 0.495 e. The van der Waals surface area contributed by atoms with Crippen molar-refractivity contribution in [3.63, 3.8) is 0 Å². The molecule has 1 N–H and O–H groups in total. The second-order valence-corrected chi connectivity index (χ2v) is 5.56. The Morgan fingerprint density at radius 3 is 2.95 bits per heavy atom. The zero-order valence-corrected chi connectivity index (χ0v) is 12.3. The molecule has 0 aliphatic heterocycles. The van der Waals surface area contributed by atoms with Gasteiger partial charge in [0.25, 0.3) is 0 Å². The highest BCUT2D eigenvalue weighted by Crippen LogP contribution is 2.30. The molecular formula is C16H21N3O2. The molecule has 2 heterocycles. The topological polar surface area (TPSA) is 60.2 Å². The SMILES string of the molecule is COc1cnccc1C(O)Cc1ccn(C2CCCC2)n1. The maximum absolute atomic E-state index is 10.4. The van der Waals surface area contributed by atoms with Crippen LogP contribution < -0.4 is 4.74 Å². The smallest absolute Gasteiger partial charge is 0.142 e. The lowest BCUT2D eigenvalue weighted by atomic mass is 10.1. The normalized spacial score (nSPS) is 17.0. The summed E-state index contributed by atoms with van der Waals surface area (Å²) in [5, 5.41) is 15.0. The highest BCUT2D eigenvalue weighted by atomic mass is 16.5. The summed E-state index contributed by atoms with van der Waals surface area (Å²) >= 11 is 0. The summed E-state index contributed by atoms with van der Waals surface area (Å²) in [6.07, 6.45) is 10.2. The van der Waals surface area contributed by atoms with Crippen molar-refractivity contribution in [2.75, 3.05) is 7.11 Å². The van der Waals surface area contributed by atoms with Crippen LogP contribution in [0.25, 0.3) is 0 Å². The van der Waals surface area contributed by atoms with E-state index in [0.29, 0.717) is 18.2 Å². The van der Waals surface area contributed by atoms with Gasteiger partial charge < -0.3 is 9.84 Å². The van der Waals surface area contributed by atoms with E-state index in [2.05, 4.69) is 14.8 Å². The molecule has 1 saturated carbocycles. The summed E-state index contributed by atoms with van der Waals surface area (Å²) in [5.74, 6) is 0.611. The third-order valence-electron chi connectivity index (χ3n) is 4.16. The standard InChI is InChI=1S/C16H21N3O2/c1-21-16-11-17-8-6-14(16)15(20)10-12-7-9-19(18-12)13-4-2-3-5-13/h6-9,11,13,15,20H,2-5,10H2,1H3. The van der Waals surface area contributed by atoms with Crippen LogP contribution in [0.15, 0.2) is 30.7 Å². The molecule has 21 heavy (non-hydrogen) atoms. The predicted molar refractivity (Wildman–Crippen MR) is 79.2 cm³/mol. The number of rotatable bonds is 5. The third kappa shape index (κ3) is 3.08. The van der Waals surface area contributed by atoms with E-state index in [0.717, 1.165) is 11.3 Å². The van der Waals surface area contributed by atoms with Crippen molar-refractivity contribution in [1.29, 1.82) is 0 Å². The van der Waals surface area contributed by atoms with Crippen LogP contribution in [-0.2, 0) is 6.42 Å². The summed E-state index contributed by atoms with van der Waals surface area (Å²) < 4.78 is 7.30. The Morgan fingerprint density at radius 2 is 2.19 bits per heavy atom. The van der Waals surface area contributed by atoms with Gasteiger partial charge in [0.1, 0.15) is 5.75 Å². The molecule has 3 rings (SSSR count). The molecular weight excluding hydrogens is 266 g/mol. The van der Waals surface area contributed by atoms with Crippen molar-refractivity contribution < 1.29 is 9.84 Å². The summed E-state index contributed by atoms with van der Waals surface area (Å²) in [7, 11) is 1.59. The van der Waals surface area contributed by atoms with Gasteiger partial charge in [-0.3, -0.25) is 9.67 Å². The van der Waals surface area contributed by atoms with E-state index in [-0.39, 0.29) is 0 Å². The van der Waals surface area contributed by atoms with Gasteiger partial charge in [0.2, 0.25) is 0 Å². The number of aliphatic hydroxyl groups excluding tert-OH is 1. The number of nitrogens with zero attached hydrogens (tertiary/aromatic N) is 3. The Hall–Kier alpha value is -1.88. The average molecular weight is 287 g/mol. The van der Waals surface area contributed by atoms with Gasteiger partial charge in [-0.15, -0.1) is 0 Å². The van der Waals surface area contributed by atoms with E-state index in [1.807, 2.05) is 12.3 Å². The predicted octanol–water partition coefficient (Wildman–Crippen LogP) is 2.68. The van der Waals surface area contributed by atoms with Crippen LogP contribution in [0.1, 0.15) is 49.1 Å². The number of hydrogen-bond acceptors (Lipinski definition) is 4. The van der Waals surface area contributed by atoms with Crippen molar-refractivity contribution in [2.24, 2.45) is 0 Å². The molecule has 5 heteroatoms. The second-order valence-electron chi connectivity index (χ2n) is 5.56. The van der Waals surface area contributed by atoms with Crippen molar-refractivity contribution in [1.82, 2.24) is 14.8 Å². The number of pyridine rings is 1. The fourth-order valence-electron chi connectivity index (χ4n) is 3.00. The second kappa shape index (κ2) is 6.26. The first kappa shape index (κ1) is 14.1. The van der Waals surface area contributed by atoms with Crippen LogP contribution in [-0.4, -0.2) is 27.0 Å². The summed E-state index contributed by atoms with van der Waals surface area (Å²) in [6.45, 7) is 0. The van der Waals surface area contributed by atoms with Crippen LogP contribution in [0, 0.1) is 0 Å². The van der Waals surface area contributed by atoms with Crippen LogP contribution in [0.2, 0.25) is 0 Å². The first-order chi connectivity index (χ1) is 10.3. The average Bonchev–Trinajstić information content (AvgIpc) is 3.17. The quantitative estimate of drug-likeness (QED) is 0.918. The number of ether oxygens (including phenoxy) is 1. The summed E-state index contributed by atoms with van der Waals surface area (Å²) in [5.41, 5.74) is 1.66. The molecule has 0 radical (unpaired) electrons. The minimum Gasteiger partial charge on any atom is -0.495 e. The molecule has 1 aliphatic rings. The van der Waals surface area contributed by atoms with Crippen LogP contribution in [0.5, 0.6) is 5.75 Å². The molecule has 5 nitrogen and oxygen atoms in total. The monoisotopic (exact) mass is 287 g/mol. The Bertz CT molecular complexity index is 591. The molecule has 2 aromatic rings. The van der Waals surface area contributed by atoms with E-state index in [1.54, 1.807) is 25.6 Å². The molecule has 1 fully saturated rings. The lowest BCUT2D eigenvalue weighted by Crippen LogP contribution is -2.08. The van der Waals surface area contributed by atoms with E-state index in [1.165, 1.54) is 25.7 Å². The molecule has 0 spiro atoms. The maximum Gasteiger partial charge on any atom is 0.142 e. The Balaban J connectivity index is 1.71. The van der Waals surface area contributed by atoms with Crippen molar-refractivity contribution in [3.8, 4) is 5.75 Å². The molecule has 0 aromatic carbocycles. The molecule has 1 unspecified atom stereocenters. The Labute approximate surface area is 124 Å². The van der Waals surface area contributed by atoms with Gasteiger partial charge in [0.15, 0.2) is 0 Å². The third-order valence-corrected chi connectivity index (χ3v) is 4.16. The van der Waals surface area contributed by atoms with Gasteiger partial charge in [-0.25, -0.2) is 0 Å². The van der Waals surface area contributed by atoms with Crippen LogP contribution >= 0.6 is 0 Å². The van der Waals surface area contributed by atoms with Crippen molar-refractivity contribution >= 4 is 0 Å². The van der Waals surface area contributed by atoms with Gasteiger partial charge in [-0.2, -0.15) is 5.10 Å². The minimum absolute atomic E-state index is 0.486. The molecule has 0 saturated heterocycles. The fourth-order valence-corrected chi connectivity index (χ4v) is 3.00. The number of aromatic nitrogens is 3. The Morgan fingerprint density at radius 1 is 1.38 bits per heavy atom. The van der Waals surface area contributed by atoms with Gasteiger partial charge in [0.05, 0.1) is 31.1 Å². The molecule has 2 aromatic heterocycles. The highest BCUT2D eigenvalue weighted by Gasteiger charge is 2.19. The zero-order valence-electron chi connectivity index (χ0n) is 12.3. The van der Waals surface area contributed by atoms with Crippen LogP contribution in [0.3, 0.4) is 0 Å². The minimum atomic E-state index is -0.630. The van der Waals surface area contributed by atoms with Gasteiger partial charge >= 0.3 is 0 Å². The first-order valence-corrected chi connectivity index (χ1v) is 7.48. The lowest BCUT2D eigenvalue weighted by Gasteiger charge is -2.13. The number of aliphatic hydroxyl groups is 1. The van der Waals surface area contributed by atoms with Gasteiger partial charge in [-0.1, -0.05) is 12.8 Å². The summed E-state index contributed by atoms with van der Waals surface area (Å²) in [4.78, 5) is 4.01. The molecule has 0 amide bonds. The molecule has 1 atom stereocenters. The zero-order chi connectivity index (χ0) is 14.7. The van der Waals surface area contributed by atoms with Crippen LogP contribution in [0.4, 0.5) is 0 Å². The maximum atomic E-state index is 10.4. The highest BCUT2D eigenvalue weighted by molar-refractivity contribution is 5.32. The fraction of sp³-hybridized carbons (Fsp3) is 0.500. The van der Waals surface area contributed by atoms with Crippen molar-refractivity contribution in [3.05, 3.63) is 42.0 Å². The first-order valence-electron chi connectivity index (χ1n) is 7.48. The van der Waals surface area contributed by atoms with E-state index < -0.39 is 6.10 Å². The molecule has 0 bridgehead atoms. The van der Waals surface area contributed by atoms with Gasteiger partial charge in [0, 0.05) is 24.4 Å². The Kier molecular flexibility index (Phi) is 4.20. The van der Waals surface area contributed by atoms with E-state index in [9.17, 15) is 5.11 Å². The van der Waals surface area contributed by atoms with Gasteiger partial charge in [-0.05, 0) is 25.0 Å². The van der Waals surface area contributed by atoms with E-state index in [4.69, 9.17) is 4.74 Å². The molecule has 1 aliphatic carbocycles.